The standard InChI is InChI=1S/C21H15ClN2O/c22-20-11-10-19(13-18(20)14-23)24-21(25)12-15-6-8-17(9-7-15)16-4-2-1-3-5-16/h1-11,13H,12H2,(H,24,25). The molecular weight excluding hydrogens is 332 g/mol. The Labute approximate surface area is 151 Å². The molecule has 3 aromatic carbocycles. The summed E-state index contributed by atoms with van der Waals surface area (Å²) in [6.45, 7) is 0. The molecule has 25 heavy (non-hydrogen) atoms. The maximum absolute atomic E-state index is 12.2. The number of nitriles is 1. The van der Waals surface area contributed by atoms with Gasteiger partial charge in [-0.2, -0.15) is 5.26 Å². The highest BCUT2D eigenvalue weighted by molar-refractivity contribution is 6.31. The van der Waals surface area contributed by atoms with Crippen molar-refractivity contribution in [3.63, 3.8) is 0 Å². The van der Waals surface area contributed by atoms with Crippen LogP contribution in [0.1, 0.15) is 11.1 Å². The number of hydrogen-bond acceptors (Lipinski definition) is 2. The van der Waals surface area contributed by atoms with Gasteiger partial charge in [-0.3, -0.25) is 4.79 Å². The van der Waals surface area contributed by atoms with Crippen LogP contribution in [0.4, 0.5) is 5.69 Å². The molecule has 0 bridgehead atoms. The minimum absolute atomic E-state index is 0.140. The van der Waals surface area contributed by atoms with Gasteiger partial charge in [0, 0.05) is 5.69 Å². The van der Waals surface area contributed by atoms with Crippen LogP contribution in [0.2, 0.25) is 5.02 Å². The number of nitrogens with one attached hydrogen (secondary N) is 1. The highest BCUT2D eigenvalue weighted by Gasteiger charge is 2.07. The lowest BCUT2D eigenvalue weighted by Gasteiger charge is -2.07. The molecule has 0 aliphatic carbocycles. The molecule has 0 unspecified atom stereocenters. The zero-order valence-corrected chi connectivity index (χ0v) is 14.1. The van der Waals surface area contributed by atoms with Crippen molar-refractivity contribution < 1.29 is 4.79 Å². The second kappa shape index (κ2) is 7.65. The molecule has 0 fully saturated rings. The number of carbonyl (C=O) groups is 1. The normalized spacial score (nSPS) is 10.1. The SMILES string of the molecule is N#Cc1cc(NC(=O)Cc2ccc(-c3ccccc3)cc2)ccc1Cl. The highest BCUT2D eigenvalue weighted by Crippen LogP contribution is 2.21. The monoisotopic (exact) mass is 346 g/mol. The van der Waals surface area contributed by atoms with E-state index in [1.54, 1.807) is 18.2 Å². The summed E-state index contributed by atoms with van der Waals surface area (Å²) >= 11 is 5.89. The van der Waals surface area contributed by atoms with Gasteiger partial charge >= 0.3 is 0 Å². The van der Waals surface area contributed by atoms with Gasteiger partial charge in [-0.15, -0.1) is 0 Å². The van der Waals surface area contributed by atoms with E-state index in [9.17, 15) is 4.79 Å². The van der Waals surface area contributed by atoms with Gasteiger partial charge in [0.05, 0.1) is 17.0 Å². The fraction of sp³-hybridized carbons (Fsp3) is 0.0476. The second-order valence-corrected chi connectivity index (χ2v) is 6.00. The van der Waals surface area contributed by atoms with Gasteiger partial charge in [0.2, 0.25) is 5.91 Å². The molecule has 0 aliphatic heterocycles. The molecule has 3 nitrogen and oxygen atoms in total. The Morgan fingerprint density at radius 1 is 0.960 bits per heavy atom. The van der Waals surface area contributed by atoms with Crippen LogP contribution in [0.3, 0.4) is 0 Å². The summed E-state index contributed by atoms with van der Waals surface area (Å²) in [7, 11) is 0. The minimum atomic E-state index is -0.140. The van der Waals surface area contributed by atoms with E-state index >= 15 is 0 Å². The average Bonchev–Trinajstić information content (AvgIpc) is 2.64. The molecule has 0 saturated heterocycles. The summed E-state index contributed by atoms with van der Waals surface area (Å²) in [6, 6.07) is 24.8. The number of anilines is 1. The van der Waals surface area contributed by atoms with Crippen molar-refractivity contribution in [3.8, 4) is 17.2 Å². The van der Waals surface area contributed by atoms with Crippen molar-refractivity contribution in [2.75, 3.05) is 5.32 Å². The van der Waals surface area contributed by atoms with Crippen LogP contribution in [-0.4, -0.2) is 5.91 Å². The molecule has 0 saturated carbocycles. The van der Waals surface area contributed by atoms with Crippen molar-refractivity contribution in [1.29, 1.82) is 5.26 Å². The van der Waals surface area contributed by atoms with Gasteiger partial charge < -0.3 is 5.32 Å². The number of benzene rings is 3. The predicted octanol–water partition coefficient (Wildman–Crippen LogP) is 5.06. The van der Waals surface area contributed by atoms with Crippen molar-refractivity contribution in [3.05, 3.63) is 88.9 Å². The van der Waals surface area contributed by atoms with Crippen molar-refractivity contribution in [2.45, 2.75) is 6.42 Å². The smallest absolute Gasteiger partial charge is 0.228 e. The average molecular weight is 347 g/mol. The zero-order valence-electron chi connectivity index (χ0n) is 13.4. The number of halogens is 1. The topological polar surface area (TPSA) is 52.9 Å². The van der Waals surface area contributed by atoms with Crippen LogP contribution >= 0.6 is 11.6 Å². The van der Waals surface area contributed by atoms with E-state index in [2.05, 4.69) is 17.4 Å². The molecular formula is C21H15ClN2O. The van der Waals surface area contributed by atoms with Gasteiger partial charge in [-0.1, -0.05) is 66.2 Å². The Morgan fingerprint density at radius 2 is 1.64 bits per heavy atom. The third-order valence-electron chi connectivity index (χ3n) is 3.80. The van der Waals surface area contributed by atoms with Gasteiger partial charge in [0.25, 0.3) is 0 Å². The molecule has 1 amide bonds. The van der Waals surface area contributed by atoms with E-state index in [-0.39, 0.29) is 12.3 Å². The summed E-state index contributed by atoms with van der Waals surface area (Å²) in [4.78, 5) is 12.2. The van der Waals surface area contributed by atoms with Crippen molar-refractivity contribution >= 4 is 23.2 Å². The Hall–Kier alpha value is -3.09. The highest BCUT2D eigenvalue weighted by atomic mass is 35.5. The zero-order chi connectivity index (χ0) is 17.6. The molecule has 4 heteroatoms. The summed E-state index contributed by atoms with van der Waals surface area (Å²) in [6.07, 6.45) is 0.263. The Kier molecular flexibility index (Phi) is 5.13. The van der Waals surface area contributed by atoms with Crippen molar-refractivity contribution in [2.24, 2.45) is 0 Å². The predicted molar refractivity (Wildman–Crippen MR) is 100 cm³/mol. The molecule has 3 aromatic rings. The quantitative estimate of drug-likeness (QED) is 0.717. The lowest BCUT2D eigenvalue weighted by molar-refractivity contribution is -0.115. The molecule has 0 aliphatic rings. The first-order valence-corrected chi connectivity index (χ1v) is 8.17. The molecule has 1 N–H and O–H groups in total. The molecule has 0 atom stereocenters. The fourth-order valence-corrected chi connectivity index (χ4v) is 2.68. The van der Waals surface area contributed by atoms with Crippen molar-refractivity contribution in [1.82, 2.24) is 0 Å². The Morgan fingerprint density at radius 3 is 2.32 bits per heavy atom. The van der Waals surface area contributed by atoms with E-state index in [1.165, 1.54) is 0 Å². The number of hydrogen-bond donors (Lipinski definition) is 1. The summed E-state index contributed by atoms with van der Waals surface area (Å²) < 4.78 is 0. The summed E-state index contributed by atoms with van der Waals surface area (Å²) in [5.74, 6) is -0.140. The summed E-state index contributed by atoms with van der Waals surface area (Å²) in [5.41, 5.74) is 4.08. The third-order valence-corrected chi connectivity index (χ3v) is 4.13. The molecule has 3 rings (SSSR count). The Balaban J connectivity index is 1.66. The molecule has 0 radical (unpaired) electrons. The Bertz CT molecular complexity index is 928. The lowest BCUT2D eigenvalue weighted by Crippen LogP contribution is -2.14. The van der Waals surface area contributed by atoms with E-state index < -0.39 is 0 Å². The number of nitrogens with zero attached hydrogens (tertiary/aromatic N) is 1. The van der Waals surface area contributed by atoms with Gasteiger partial charge in [-0.25, -0.2) is 0 Å². The maximum atomic E-state index is 12.2. The first-order chi connectivity index (χ1) is 12.2. The largest absolute Gasteiger partial charge is 0.326 e. The molecule has 0 spiro atoms. The number of rotatable bonds is 4. The number of carbonyl (C=O) groups excluding carboxylic acids is 1. The third kappa shape index (κ3) is 4.26. The maximum Gasteiger partial charge on any atom is 0.228 e. The lowest BCUT2D eigenvalue weighted by atomic mass is 10.0. The van der Waals surface area contributed by atoms with E-state index in [1.807, 2.05) is 48.5 Å². The van der Waals surface area contributed by atoms with Gasteiger partial charge in [-0.05, 0) is 34.9 Å². The molecule has 0 heterocycles. The van der Waals surface area contributed by atoms with Crippen LogP contribution in [0.15, 0.2) is 72.8 Å². The van der Waals surface area contributed by atoms with E-state index in [0.717, 1.165) is 16.7 Å². The molecule has 0 aromatic heterocycles. The van der Waals surface area contributed by atoms with Gasteiger partial charge in [0.1, 0.15) is 6.07 Å². The first-order valence-electron chi connectivity index (χ1n) is 7.79. The van der Waals surface area contributed by atoms with Crippen LogP contribution in [0.5, 0.6) is 0 Å². The van der Waals surface area contributed by atoms with E-state index in [0.29, 0.717) is 16.3 Å². The second-order valence-electron chi connectivity index (χ2n) is 5.59. The van der Waals surface area contributed by atoms with Crippen LogP contribution < -0.4 is 5.32 Å². The molecule has 122 valence electrons. The number of amides is 1. The van der Waals surface area contributed by atoms with E-state index in [4.69, 9.17) is 16.9 Å². The van der Waals surface area contributed by atoms with Crippen LogP contribution in [0.25, 0.3) is 11.1 Å². The fourth-order valence-electron chi connectivity index (χ4n) is 2.52. The van der Waals surface area contributed by atoms with Gasteiger partial charge in [0.15, 0.2) is 0 Å². The van der Waals surface area contributed by atoms with Crippen LogP contribution in [0, 0.1) is 11.3 Å². The van der Waals surface area contributed by atoms with Crippen LogP contribution in [-0.2, 0) is 11.2 Å². The summed E-state index contributed by atoms with van der Waals surface area (Å²) in [5, 5.41) is 12.1. The minimum Gasteiger partial charge on any atom is -0.326 e. The first kappa shape index (κ1) is 16.8.